The third-order valence-electron chi connectivity index (χ3n) is 3.82. The molecule has 0 bridgehead atoms. The quantitative estimate of drug-likeness (QED) is 0.693. The maximum atomic E-state index is 12.8. The molecule has 126 valence electrons. The molecule has 1 atom stereocenters. The van der Waals surface area contributed by atoms with Crippen molar-refractivity contribution in [1.29, 1.82) is 0 Å². The molecule has 1 unspecified atom stereocenters. The van der Waals surface area contributed by atoms with Crippen LogP contribution in [0.4, 0.5) is 8.78 Å². The number of halogens is 2. The summed E-state index contributed by atoms with van der Waals surface area (Å²) in [7, 11) is 0. The highest BCUT2D eigenvalue weighted by molar-refractivity contribution is 5.52. The molecule has 0 radical (unpaired) electrons. The molecule has 24 heavy (non-hydrogen) atoms. The number of hydrogen-bond donors (Lipinski definition) is 0. The van der Waals surface area contributed by atoms with Crippen LogP contribution in [0.15, 0.2) is 36.8 Å². The Morgan fingerprint density at radius 3 is 2.50 bits per heavy atom. The monoisotopic (exact) mass is 332 g/mol. The summed E-state index contributed by atoms with van der Waals surface area (Å²) in [5.74, 6) is 1.55. The first-order chi connectivity index (χ1) is 11.6. The molecule has 0 aliphatic heterocycles. The van der Waals surface area contributed by atoms with Crippen molar-refractivity contribution in [1.82, 2.24) is 29.5 Å². The molecule has 0 amide bonds. The molecule has 0 spiro atoms. The first-order valence-electron chi connectivity index (χ1n) is 7.78. The van der Waals surface area contributed by atoms with Gasteiger partial charge in [0.25, 0.3) is 0 Å². The van der Waals surface area contributed by atoms with Crippen molar-refractivity contribution in [2.45, 2.75) is 33.2 Å². The molecule has 0 fully saturated rings. The summed E-state index contributed by atoms with van der Waals surface area (Å²) in [6.45, 7) is 1.55. The van der Waals surface area contributed by atoms with Crippen molar-refractivity contribution in [2.75, 3.05) is 0 Å². The molecule has 0 aromatic carbocycles. The third-order valence-corrected chi connectivity index (χ3v) is 3.82. The fourth-order valence-electron chi connectivity index (χ4n) is 2.29. The highest BCUT2D eigenvalue weighted by Gasteiger charge is 2.18. The van der Waals surface area contributed by atoms with E-state index >= 15 is 0 Å². The van der Waals surface area contributed by atoms with Gasteiger partial charge in [-0.1, -0.05) is 20.3 Å². The van der Waals surface area contributed by atoms with Gasteiger partial charge >= 0.3 is 6.55 Å². The minimum absolute atomic E-state index is 0.356. The van der Waals surface area contributed by atoms with Crippen LogP contribution in [0.25, 0.3) is 17.2 Å². The maximum Gasteiger partial charge on any atom is 0.333 e. The van der Waals surface area contributed by atoms with Crippen molar-refractivity contribution in [3.8, 4) is 17.2 Å². The Morgan fingerprint density at radius 1 is 1.12 bits per heavy atom. The average Bonchev–Trinajstić information content (AvgIpc) is 3.22. The molecule has 0 saturated heterocycles. The van der Waals surface area contributed by atoms with Crippen LogP contribution < -0.4 is 0 Å². The predicted octanol–water partition coefficient (Wildman–Crippen LogP) is 3.51. The van der Waals surface area contributed by atoms with Crippen molar-refractivity contribution in [3.63, 3.8) is 0 Å². The highest BCUT2D eigenvalue weighted by atomic mass is 19.3. The summed E-state index contributed by atoms with van der Waals surface area (Å²) < 4.78 is 27.8. The van der Waals surface area contributed by atoms with Crippen LogP contribution in [0, 0.1) is 5.92 Å². The standard InChI is InChI=1S/C16H18F2N6/c1-3-11(2)10-14-20-15(13-6-9-23(21-13)16(17)18)24(22-14)12-4-7-19-8-5-12/h4-9,11,16H,3,10H2,1-2H3. The van der Waals surface area contributed by atoms with Gasteiger partial charge in [0.1, 0.15) is 5.69 Å². The van der Waals surface area contributed by atoms with E-state index in [1.807, 2.05) is 0 Å². The lowest BCUT2D eigenvalue weighted by atomic mass is 10.1. The van der Waals surface area contributed by atoms with Crippen LogP contribution in [0.3, 0.4) is 0 Å². The van der Waals surface area contributed by atoms with E-state index in [4.69, 9.17) is 0 Å². The van der Waals surface area contributed by atoms with Gasteiger partial charge in [-0.25, -0.2) is 14.3 Å². The average molecular weight is 332 g/mol. The molecule has 0 N–H and O–H groups in total. The SMILES string of the molecule is CCC(C)Cc1nc(-c2ccn(C(F)F)n2)n(-c2ccncc2)n1. The topological polar surface area (TPSA) is 61.4 Å². The van der Waals surface area contributed by atoms with E-state index in [1.165, 1.54) is 12.3 Å². The van der Waals surface area contributed by atoms with Crippen LogP contribution in [0.1, 0.15) is 32.6 Å². The third kappa shape index (κ3) is 3.32. The van der Waals surface area contributed by atoms with Gasteiger partial charge in [-0.05, 0) is 24.1 Å². The van der Waals surface area contributed by atoms with E-state index in [-0.39, 0.29) is 0 Å². The van der Waals surface area contributed by atoms with Gasteiger partial charge < -0.3 is 0 Å². The summed E-state index contributed by atoms with van der Waals surface area (Å²) in [4.78, 5) is 8.52. The Kier molecular flexibility index (Phi) is 4.64. The first-order valence-corrected chi connectivity index (χ1v) is 7.78. The van der Waals surface area contributed by atoms with Crippen molar-refractivity contribution < 1.29 is 8.78 Å². The van der Waals surface area contributed by atoms with Gasteiger partial charge in [-0.3, -0.25) is 4.98 Å². The second-order valence-corrected chi connectivity index (χ2v) is 5.65. The second kappa shape index (κ2) is 6.86. The van der Waals surface area contributed by atoms with E-state index in [2.05, 4.69) is 34.0 Å². The molecule has 0 aliphatic carbocycles. The van der Waals surface area contributed by atoms with Crippen LogP contribution >= 0.6 is 0 Å². The van der Waals surface area contributed by atoms with Gasteiger partial charge in [0.15, 0.2) is 11.6 Å². The molecule has 3 aromatic heterocycles. The number of nitrogens with zero attached hydrogens (tertiary/aromatic N) is 6. The zero-order chi connectivity index (χ0) is 17.1. The molecule has 0 saturated carbocycles. The van der Waals surface area contributed by atoms with Gasteiger partial charge in [0.05, 0.1) is 5.69 Å². The minimum atomic E-state index is -2.68. The number of pyridine rings is 1. The highest BCUT2D eigenvalue weighted by Crippen LogP contribution is 2.22. The van der Waals surface area contributed by atoms with Crippen LogP contribution in [0.5, 0.6) is 0 Å². The van der Waals surface area contributed by atoms with Crippen LogP contribution in [-0.4, -0.2) is 29.5 Å². The van der Waals surface area contributed by atoms with Crippen LogP contribution in [-0.2, 0) is 6.42 Å². The van der Waals surface area contributed by atoms with Crippen LogP contribution in [0.2, 0.25) is 0 Å². The fourth-order valence-corrected chi connectivity index (χ4v) is 2.29. The second-order valence-electron chi connectivity index (χ2n) is 5.65. The minimum Gasteiger partial charge on any atom is -0.265 e. The number of alkyl halides is 2. The summed E-state index contributed by atoms with van der Waals surface area (Å²) in [6, 6.07) is 5.09. The van der Waals surface area contributed by atoms with E-state index < -0.39 is 6.55 Å². The molecule has 8 heteroatoms. The summed E-state index contributed by atoms with van der Waals surface area (Å²) in [5, 5.41) is 8.45. The normalized spacial score (nSPS) is 12.7. The molecular formula is C16H18F2N6. The number of aromatic nitrogens is 6. The molecule has 3 rings (SSSR count). The lowest BCUT2D eigenvalue weighted by molar-refractivity contribution is 0.0568. The summed E-state index contributed by atoms with van der Waals surface area (Å²) in [5.41, 5.74) is 1.12. The molecule has 3 heterocycles. The van der Waals surface area contributed by atoms with E-state index in [1.54, 1.807) is 29.2 Å². The fraction of sp³-hybridized carbons (Fsp3) is 0.375. The summed E-state index contributed by atoms with van der Waals surface area (Å²) in [6.07, 6.45) is 6.26. The van der Waals surface area contributed by atoms with E-state index in [0.717, 1.165) is 18.5 Å². The largest absolute Gasteiger partial charge is 0.333 e. The smallest absolute Gasteiger partial charge is 0.265 e. The van der Waals surface area contributed by atoms with Gasteiger partial charge in [0.2, 0.25) is 0 Å². The number of hydrogen-bond acceptors (Lipinski definition) is 4. The Bertz CT molecular complexity index is 796. The Morgan fingerprint density at radius 2 is 1.88 bits per heavy atom. The lowest BCUT2D eigenvalue weighted by Crippen LogP contribution is -2.03. The van der Waals surface area contributed by atoms with E-state index in [9.17, 15) is 8.78 Å². The lowest BCUT2D eigenvalue weighted by Gasteiger charge is -2.04. The molecule has 0 aliphatic rings. The Labute approximate surface area is 138 Å². The molecule has 6 nitrogen and oxygen atoms in total. The van der Waals surface area contributed by atoms with Gasteiger partial charge in [-0.15, -0.1) is 0 Å². The van der Waals surface area contributed by atoms with E-state index in [0.29, 0.717) is 27.9 Å². The zero-order valence-electron chi connectivity index (χ0n) is 13.5. The first kappa shape index (κ1) is 16.2. The van der Waals surface area contributed by atoms with Gasteiger partial charge in [-0.2, -0.15) is 19.0 Å². The van der Waals surface area contributed by atoms with Crippen molar-refractivity contribution in [2.24, 2.45) is 5.92 Å². The Balaban J connectivity index is 2.05. The summed E-state index contributed by atoms with van der Waals surface area (Å²) >= 11 is 0. The maximum absolute atomic E-state index is 12.8. The van der Waals surface area contributed by atoms with Crippen molar-refractivity contribution in [3.05, 3.63) is 42.6 Å². The predicted molar refractivity (Wildman–Crippen MR) is 84.8 cm³/mol. The van der Waals surface area contributed by atoms with Crippen molar-refractivity contribution >= 4 is 0 Å². The molecule has 3 aromatic rings. The Hall–Kier alpha value is -2.64. The molecular weight excluding hydrogens is 314 g/mol. The zero-order valence-corrected chi connectivity index (χ0v) is 13.5. The van der Waals surface area contributed by atoms with Gasteiger partial charge in [0, 0.05) is 25.0 Å². The number of rotatable bonds is 6.